The molecule has 0 bridgehead atoms. The molecule has 0 aliphatic heterocycles. The molecule has 120 valence electrons. The summed E-state index contributed by atoms with van der Waals surface area (Å²) in [6.07, 6.45) is 5.23. The lowest BCUT2D eigenvalue weighted by atomic mass is 10.1. The van der Waals surface area contributed by atoms with Crippen molar-refractivity contribution in [2.75, 3.05) is 6.61 Å². The van der Waals surface area contributed by atoms with Gasteiger partial charge in [0, 0.05) is 24.1 Å². The number of hydrogen-bond acceptors (Lipinski definition) is 3. The second-order valence-electron chi connectivity index (χ2n) is 6.85. The van der Waals surface area contributed by atoms with Crippen molar-refractivity contribution in [2.45, 2.75) is 51.6 Å². The van der Waals surface area contributed by atoms with Gasteiger partial charge in [-0.2, -0.15) is 0 Å². The van der Waals surface area contributed by atoms with Crippen molar-refractivity contribution in [3.05, 3.63) is 29.3 Å². The van der Waals surface area contributed by atoms with E-state index in [1.165, 1.54) is 18.4 Å². The molecule has 1 aromatic carbocycles. The van der Waals surface area contributed by atoms with Crippen LogP contribution < -0.4 is 15.8 Å². The first-order chi connectivity index (χ1) is 10.6. The minimum Gasteiger partial charge on any atom is -0.493 e. The van der Waals surface area contributed by atoms with Crippen LogP contribution in [0.3, 0.4) is 0 Å². The Kier molecular flexibility index (Phi) is 4.67. The Morgan fingerprint density at radius 2 is 2.14 bits per heavy atom. The molecule has 2 atom stereocenters. The summed E-state index contributed by atoms with van der Waals surface area (Å²) in [6.45, 7) is 3.39. The molecular weight excluding hydrogens is 276 g/mol. The van der Waals surface area contributed by atoms with Gasteiger partial charge in [0.15, 0.2) is 0 Å². The largest absolute Gasteiger partial charge is 0.493 e. The van der Waals surface area contributed by atoms with Crippen molar-refractivity contribution in [1.82, 2.24) is 5.32 Å². The van der Waals surface area contributed by atoms with E-state index in [1.54, 1.807) is 0 Å². The quantitative estimate of drug-likeness (QED) is 0.848. The lowest BCUT2D eigenvalue weighted by Crippen LogP contribution is -2.30. The third-order valence-electron chi connectivity index (χ3n) is 4.69. The van der Waals surface area contributed by atoms with Gasteiger partial charge in [-0.05, 0) is 56.6 Å². The fourth-order valence-electron chi connectivity index (χ4n) is 3.02. The topological polar surface area (TPSA) is 64.4 Å². The van der Waals surface area contributed by atoms with Crippen LogP contribution in [0.5, 0.6) is 5.75 Å². The predicted molar refractivity (Wildman–Crippen MR) is 86.6 cm³/mol. The van der Waals surface area contributed by atoms with Gasteiger partial charge in [0.05, 0.1) is 6.61 Å². The van der Waals surface area contributed by atoms with E-state index in [0.717, 1.165) is 43.1 Å². The summed E-state index contributed by atoms with van der Waals surface area (Å²) in [6, 6.07) is 6.37. The van der Waals surface area contributed by atoms with E-state index >= 15 is 0 Å². The molecule has 0 aromatic heterocycles. The van der Waals surface area contributed by atoms with Crippen molar-refractivity contribution in [3.8, 4) is 5.75 Å². The van der Waals surface area contributed by atoms with Crippen LogP contribution in [0.1, 0.15) is 43.2 Å². The average molecular weight is 302 g/mol. The Hall–Kier alpha value is -1.55. The number of ether oxygens (including phenoxy) is 1. The molecule has 3 N–H and O–H groups in total. The van der Waals surface area contributed by atoms with E-state index in [1.807, 2.05) is 0 Å². The third-order valence-corrected chi connectivity index (χ3v) is 4.69. The Labute approximate surface area is 132 Å². The highest BCUT2D eigenvalue weighted by molar-refractivity contribution is 5.79. The van der Waals surface area contributed by atoms with Gasteiger partial charge in [-0.25, -0.2) is 0 Å². The lowest BCUT2D eigenvalue weighted by Gasteiger charge is -2.15. The summed E-state index contributed by atoms with van der Waals surface area (Å²) in [5.41, 5.74) is 8.13. The summed E-state index contributed by atoms with van der Waals surface area (Å²) in [7, 11) is 0. The monoisotopic (exact) mass is 302 g/mol. The van der Waals surface area contributed by atoms with Crippen LogP contribution in [0.25, 0.3) is 0 Å². The van der Waals surface area contributed by atoms with E-state index in [-0.39, 0.29) is 17.9 Å². The molecule has 0 spiro atoms. The fraction of sp³-hybridized carbons (Fsp3) is 0.611. The van der Waals surface area contributed by atoms with Crippen molar-refractivity contribution in [3.63, 3.8) is 0 Å². The van der Waals surface area contributed by atoms with Crippen LogP contribution in [-0.2, 0) is 11.3 Å². The zero-order valence-electron chi connectivity index (χ0n) is 13.3. The van der Waals surface area contributed by atoms with Crippen LogP contribution in [0, 0.1) is 18.8 Å². The Balaban J connectivity index is 1.57. The van der Waals surface area contributed by atoms with Gasteiger partial charge in [0.25, 0.3) is 0 Å². The summed E-state index contributed by atoms with van der Waals surface area (Å²) < 4.78 is 5.95. The SMILES string of the molecule is Cc1ccc(CNC(=O)C2CCC(N)C2)c(OCC2CC2)c1. The highest BCUT2D eigenvalue weighted by Crippen LogP contribution is 2.31. The maximum atomic E-state index is 12.2. The number of hydrogen-bond donors (Lipinski definition) is 2. The molecule has 2 aliphatic rings. The van der Waals surface area contributed by atoms with Gasteiger partial charge in [0.2, 0.25) is 5.91 Å². The van der Waals surface area contributed by atoms with Crippen molar-refractivity contribution in [2.24, 2.45) is 17.6 Å². The first kappa shape index (κ1) is 15.3. The second-order valence-corrected chi connectivity index (χ2v) is 6.85. The molecule has 0 saturated heterocycles. The van der Waals surface area contributed by atoms with Crippen LogP contribution in [0.15, 0.2) is 18.2 Å². The van der Waals surface area contributed by atoms with Gasteiger partial charge in [0.1, 0.15) is 5.75 Å². The minimum atomic E-state index is 0.0799. The Morgan fingerprint density at radius 3 is 2.82 bits per heavy atom. The van der Waals surface area contributed by atoms with E-state index in [4.69, 9.17) is 10.5 Å². The van der Waals surface area contributed by atoms with Crippen molar-refractivity contribution >= 4 is 5.91 Å². The first-order valence-electron chi connectivity index (χ1n) is 8.37. The Bertz CT molecular complexity index is 540. The highest BCUT2D eigenvalue weighted by Gasteiger charge is 2.27. The van der Waals surface area contributed by atoms with Gasteiger partial charge < -0.3 is 15.8 Å². The van der Waals surface area contributed by atoms with Crippen LogP contribution in [-0.4, -0.2) is 18.6 Å². The smallest absolute Gasteiger partial charge is 0.223 e. The van der Waals surface area contributed by atoms with E-state index in [0.29, 0.717) is 6.54 Å². The van der Waals surface area contributed by atoms with E-state index in [9.17, 15) is 4.79 Å². The number of rotatable bonds is 6. The second kappa shape index (κ2) is 6.69. The number of benzene rings is 1. The molecule has 2 aliphatic carbocycles. The molecule has 2 fully saturated rings. The van der Waals surface area contributed by atoms with Gasteiger partial charge in [-0.15, -0.1) is 0 Å². The fourth-order valence-corrected chi connectivity index (χ4v) is 3.02. The number of carbonyl (C=O) groups is 1. The van der Waals surface area contributed by atoms with Crippen LogP contribution in [0.4, 0.5) is 0 Å². The normalized spacial score (nSPS) is 24.3. The van der Waals surface area contributed by atoms with Gasteiger partial charge >= 0.3 is 0 Å². The molecule has 0 radical (unpaired) electrons. The maximum Gasteiger partial charge on any atom is 0.223 e. The molecular formula is C18H26N2O2. The van der Waals surface area contributed by atoms with Gasteiger partial charge in [-0.3, -0.25) is 4.79 Å². The summed E-state index contributed by atoms with van der Waals surface area (Å²) in [5, 5.41) is 3.05. The average Bonchev–Trinajstić information content (AvgIpc) is 3.23. The molecule has 2 saturated carbocycles. The van der Waals surface area contributed by atoms with Crippen molar-refractivity contribution < 1.29 is 9.53 Å². The standard InChI is InChI=1S/C18H26N2O2/c1-12-2-5-15(17(8-12)22-11-13-3-4-13)10-20-18(21)14-6-7-16(19)9-14/h2,5,8,13-14,16H,3-4,6-7,9-11,19H2,1H3,(H,20,21). The molecule has 2 unspecified atom stereocenters. The molecule has 4 nitrogen and oxygen atoms in total. The summed E-state index contributed by atoms with van der Waals surface area (Å²) in [4.78, 5) is 12.2. The highest BCUT2D eigenvalue weighted by atomic mass is 16.5. The molecule has 22 heavy (non-hydrogen) atoms. The number of aryl methyl sites for hydroxylation is 1. The molecule has 1 amide bonds. The number of amides is 1. The minimum absolute atomic E-state index is 0.0799. The molecule has 3 rings (SSSR count). The summed E-state index contributed by atoms with van der Waals surface area (Å²) >= 11 is 0. The number of nitrogens with one attached hydrogen (secondary N) is 1. The molecule has 1 aromatic rings. The summed E-state index contributed by atoms with van der Waals surface area (Å²) in [5.74, 6) is 1.84. The first-order valence-corrected chi connectivity index (χ1v) is 8.37. The Morgan fingerprint density at radius 1 is 1.32 bits per heavy atom. The zero-order valence-corrected chi connectivity index (χ0v) is 13.3. The zero-order chi connectivity index (χ0) is 15.5. The van der Waals surface area contributed by atoms with E-state index in [2.05, 4.69) is 30.4 Å². The third kappa shape index (κ3) is 4.01. The van der Waals surface area contributed by atoms with Gasteiger partial charge in [-0.1, -0.05) is 12.1 Å². The maximum absolute atomic E-state index is 12.2. The predicted octanol–water partition coefficient (Wildman–Crippen LogP) is 2.53. The number of nitrogens with two attached hydrogens (primary N) is 1. The van der Waals surface area contributed by atoms with Crippen molar-refractivity contribution in [1.29, 1.82) is 0 Å². The molecule has 0 heterocycles. The lowest BCUT2D eigenvalue weighted by molar-refractivity contribution is -0.125. The van der Waals surface area contributed by atoms with Crippen LogP contribution >= 0.6 is 0 Å². The van der Waals surface area contributed by atoms with E-state index < -0.39 is 0 Å². The van der Waals surface area contributed by atoms with Crippen LogP contribution in [0.2, 0.25) is 0 Å². The molecule has 4 heteroatoms. The number of carbonyl (C=O) groups excluding carboxylic acids is 1.